The highest BCUT2D eigenvalue weighted by atomic mass is 16.1. The first kappa shape index (κ1) is 10.9. The van der Waals surface area contributed by atoms with Gasteiger partial charge in [-0.25, -0.2) is 0 Å². The van der Waals surface area contributed by atoms with E-state index in [-0.39, 0.29) is 23.6 Å². The van der Waals surface area contributed by atoms with Crippen molar-refractivity contribution in [1.29, 1.82) is 5.41 Å². The second-order valence-corrected chi connectivity index (χ2v) is 3.25. The summed E-state index contributed by atoms with van der Waals surface area (Å²) in [6.45, 7) is 6.02. The van der Waals surface area contributed by atoms with Gasteiger partial charge in [-0.1, -0.05) is 20.8 Å². The van der Waals surface area contributed by atoms with E-state index in [0.29, 0.717) is 6.54 Å². The number of carbonyl (C=O) groups excluding carboxylic acids is 1. The summed E-state index contributed by atoms with van der Waals surface area (Å²) in [5.41, 5.74) is 5.08. The lowest BCUT2D eigenvalue weighted by Gasteiger charge is -2.13. The molecule has 0 heterocycles. The van der Waals surface area contributed by atoms with Crippen molar-refractivity contribution in [2.75, 3.05) is 6.54 Å². The van der Waals surface area contributed by atoms with Gasteiger partial charge in [-0.3, -0.25) is 10.2 Å². The van der Waals surface area contributed by atoms with E-state index in [1.807, 2.05) is 20.8 Å². The maximum absolute atomic E-state index is 11.3. The Balaban J connectivity index is 3.79. The van der Waals surface area contributed by atoms with E-state index in [2.05, 4.69) is 5.32 Å². The molecule has 0 rings (SSSR count). The van der Waals surface area contributed by atoms with E-state index in [1.165, 1.54) is 0 Å². The zero-order chi connectivity index (χ0) is 9.72. The van der Waals surface area contributed by atoms with Gasteiger partial charge in [-0.15, -0.1) is 0 Å². The van der Waals surface area contributed by atoms with Crippen LogP contribution in [0.15, 0.2) is 0 Å². The Morgan fingerprint density at radius 2 is 2.00 bits per heavy atom. The summed E-state index contributed by atoms with van der Waals surface area (Å²) in [4.78, 5) is 11.3. The molecule has 0 amide bonds. The van der Waals surface area contributed by atoms with Crippen molar-refractivity contribution in [2.45, 2.75) is 20.8 Å². The molecule has 70 valence electrons. The van der Waals surface area contributed by atoms with E-state index < -0.39 is 0 Å². The van der Waals surface area contributed by atoms with Gasteiger partial charge in [0, 0.05) is 18.4 Å². The fourth-order valence-corrected chi connectivity index (χ4v) is 0.933. The molecule has 4 heteroatoms. The lowest BCUT2D eigenvalue weighted by atomic mass is 9.97. The third-order valence-electron chi connectivity index (χ3n) is 1.65. The number of ketones is 1. The molecule has 12 heavy (non-hydrogen) atoms. The predicted molar refractivity (Wildman–Crippen MR) is 48.9 cm³/mol. The molecule has 0 radical (unpaired) electrons. The first-order valence-corrected chi connectivity index (χ1v) is 4.06. The first-order valence-electron chi connectivity index (χ1n) is 4.06. The summed E-state index contributed by atoms with van der Waals surface area (Å²) < 4.78 is 0. The Labute approximate surface area is 73.0 Å². The van der Waals surface area contributed by atoms with E-state index in [4.69, 9.17) is 11.1 Å². The number of nitrogens with one attached hydrogen (secondary N) is 2. The molecule has 0 bridgehead atoms. The van der Waals surface area contributed by atoms with Gasteiger partial charge in [0.25, 0.3) is 0 Å². The molecule has 0 fully saturated rings. The number of carbonyl (C=O) groups is 1. The second kappa shape index (κ2) is 4.74. The van der Waals surface area contributed by atoms with Crippen molar-refractivity contribution < 1.29 is 4.79 Å². The Hall–Kier alpha value is -1.06. The van der Waals surface area contributed by atoms with E-state index in [0.717, 1.165) is 0 Å². The summed E-state index contributed by atoms with van der Waals surface area (Å²) in [5.74, 6) is 0.0878. The maximum atomic E-state index is 11.3. The number of rotatable bonds is 4. The van der Waals surface area contributed by atoms with Crippen molar-refractivity contribution in [3.63, 3.8) is 0 Å². The average Bonchev–Trinajstić information content (AvgIpc) is 1.98. The van der Waals surface area contributed by atoms with Gasteiger partial charge in [0.05, 0.1) is 0 Å². The van der Waals surface area contributed by atoms with Crippen LogP contribution in [0.2, 0.25) is 0 Å². The molecule has 4 N–H and O–H groups in total. The summed E-state index contributed by atoms with van der Waals surface area (Å²) in [6.07, 6.45) is 0. The largest absolute Gasteiger partial charge is 0.370 e. The Morgan fingerprint density at radius 1 is 1.50 bits per heavy atom. The van der Waals surface area contributed by atoms with Gasteiger partial charge in [0.15, 0.2) is 5.96 Å². The monoisotopic (exact) mass is 171 g/mol. The lowest BCUT2D eigenvalue weighted by Crippen LogP contribution is -2.36. The van der Waals surface area contributed by atoms with Gasteiger partial charge in [0.2, 0.25) is 0 Å². The highest BCUT2D eigenvalue weighted by Crippen LogP contribution is 2.04. The minimum Gasteiger partial charge on any atom is -0.370 e. The van der Waals surface area contributed by atoms with Crippen LogP contribution < -0.4 is 11.1 Å². The van der Waals surface area contributed by atoms with E-state index in [1.54, 1.807) is 0 Å². The van der Waals surface area contributed by atoms with E-state index >= 15 is 0 Å². The standard InChI is InChI=1S/C8H17N3O/c1-5(2)7(12)6(3)4-11-8(9)10/h5-6H,4H2,1-3H3,(H4,9,10,11). The molecule has 4 nitrogen and oxygen atoms in total. The minimum atomic E-state index is -0.0848. The fourth-order valence-electron chi connectivity index (χ4n) is 0.933. The normalized spacial score (nSPS) is 12.7. The molecule has 0 aromatic rings. The molecule has 0 aromatic carbocycles. The highest BCUT2D eigenvalue weighted by Gasteiger charge is 2.15. The number of nitrogens with two attached hydrogens (primary N) is 1. The smallest absolute Gasteiger partial charge is 0.185 e. The highest BCUT2D eigenvalue weighted by molar-refractivity contribution is 5.83. The molecule has 0 saturated heterocycles. The third kappa shape index (κ3) is 3.95. The van der Waals surface area contributed by atoms with Crippen molar-refractivity contribution >= 4 is 11.7 Å². The van der Waals surface area contributed by atoms with Crippen LogP contribution in [0.5, 0.6) is 0 Å². The minimum absolute atomic E-state index is 0.0498. The average molecular weight is 171 g/mol. The Kier molecular flexibility index (Phi) is 4.33. The van der Waals surface area contributed by atoms with Crippen molar-refractivity contribution in [1.82, 2.24) is 5.32 Å². The number of guanidine groups is 1. The van der Waals surface area contributed by atoms with Crippen LogP contribution in [0.25, 0.3) is 0 Å². The van der Waals surface area contributed by atoms with Crippen LogP contribution in [0.1, 0.15) is 20.8 Å². The van der Waals surface area contributed by atoms with Crippen molar-refractivity contribution in [3.8, 4) is 0 Å². The summed E-state index contributed by atoms with van der Waals surface area (Å²) in [7, 11) is 0. The van der Waals surface area contributed by atoms with Gasteiger partial charge in [-0.05, 0) is 0 Å². The fraction of sp³-hybridized carbons (Fsp3) is 0.750. The quantitative estimate of drug-likeness (QED) is 0.421. The first-order chi connectivity index (χ1) is 5.45. The molecule has 1 unspecified atom stereocenters. The molecule has 0 aliphatic carbocycles. The van der Waals surface area contributed by atoms with Crippen molar-refractivity contribution in [2.24, 2.45) is 17.6 Å². The molecule has 0 saturated carbocycles. The van der Waals surface area contributed by atoms with Crippen molar-refractivity contribution in [3.05, 3.63) is 0 Å². The summed E-state index contributed by atoms with van der Waals surface area (Å²) >= 11 is 0. The summed E-state index contributed by atoms with van der Waals surface area (Å²) in [5, 5.41) is 9.51. The number of Topliss-reactive ketones (excluding diaryl/α,β-unsaturated/α-hetero) is 1. The molecule has 0 aliphatic heterocycles. The van der Waals surface area contributed by atoms with Gasteiger partial charge < -0.3 is 11.1 Å². The van der Waals surface area contributed by atoms with Crippen LogP contribution in [0, 0.1) is 17.2 Å². The van der Waals surface area contributed by atoms with Gasteiger partial charge in [-0.2, -0.15) is 0 Å². The zero-order valence-electron chi connectivity index (χ0n) is 7.85. The molecular weight excluding hydrogens is 154 g/mol. The van der Waals surface area contributed by atoms with Crippen LogP contribution in [0.4, 0.5) is 0 Å². The summed E-state index contributed by atoms with van der Waals surface area (Å²) in [6, 6.07) is 0. The lowest BCUT2D eigenvalue weighted by molar-refractivity contribution is -0.125. The SMILES string of the molecule is CC(C)C(=O)C(C)CNC(=N)N. The second-order valence-electron chi connectivity index (χ2n) is 3.25. The topological polar surface area (TPSA) is 79.0 Å². The number of hydrogen-bond acceptors (Lipinski definition) is 2. The third-order valence-corrected chi connectivity index (χ3v) is 1.65. The Bertz CT molecular complexity index is 177. The maximum Gasteiger partial charge on any atom is 0.185 e. The molecule has 0 aromatic heterocycles. The zero-order valence-corrected chi connectivity index (χ0v) is 7.85. The van der Waals surface area contributed by atoms with Crippen LogP contribution >= 0.6 is 0 Å². The molecule has 1 atom stereocenters. The van der Waals surface area contributed by atoms with Crippen LogP contribution in [0.3, 0.4) is 0 Å². The van der Waals surface area contributed by atoms with Gasteiger partial charge in [0.1, 0.15) is 5.78 Å². The molecule has 0 aliphatic rings. The van der Waals surface area contributed by atoms with Gasteiger partial charge >= 0.3 is 0 Å². The Morgan fingerprint density at radius 3 is 2.33 bits per heavy atom. The van der Waals surface area contributed by atoms with Crippen LogP contribution in [-0.4, -0.2) is 18.3 Å². The molecule has 0 spiro atoms. The molecular formula is C8H17N3O. The van der Waals surface area contributed by atoms with Crippen LogP contribution in [-0.2, 0) is 4.79 Å². The van der Waals surface area contributed by atoms with E-state index in [9.17, 15) is 4.79 Å². The predicted octanol–water partition coefficient (Wildman–Crippen LogP) is 0.331. The number of hydrogen-bond donors (Lipinski definition) is 3.